The molecule has 0 saturated heterocycles. The first-order valence-corrected chi connectivity index (χ1v) is 9.37. The average Bonchev–Trinajstić information content (AvgIpc) is 2.74. The summed E-state index contributed by atoms with van der Waals surface area (Å²) in [5.41, 5.74) is 4.01. The molecule has 0 heterocycles. The molecule has 0 atom stereocenters. The fourth-order valence-corrected chi connectivity index (χ4v) is 2.99. The quantitative estimate of drug-likeness (QED) is 0.599. The van der Waals surface area contributed by atoms with Crippen LogP contribution in [-0.2, 0) is 17.6 Å². The first-order valence-electron chi connectivity index (χ1n) is 9.37. The minimum atomic E-state index is -0.369. The van der Waals surface area contributed by atoms with Crippen LogP contribution in [0.1, 0.15) is 38.8 Å². The van der Waals surface area contributed by atoms with Crippen molar-refractivity contribution in [1.29, 1.82) is 0 Å². The number of rotatable bonds is 7. The molecule has 0 fully saturated rings. The van der Waals surface area contributed by atoms with E-state index in [2.05, 4.69) is 17.4 Å². The molecule has 0 spiro atoms. The number of hydrogen-bond acceptors (Lipinski definition) is 3. The molecule has 0 unspecified atom stereocenters. The molecule has 0 aliphatic carbocycles. The average molecular weight is 373 g/mol. The molecule has 0 radical (unpaired) electrons. The molecule has 0 aliphatic heterocycles. The number of esters is 1. The third kappa shape index (κ3) is 5.07. The predicted octanol–water partition coefficient (Wildman–Crippen LogP) is 4.90. The number of hydrogen-bond donors (Lipinski definition) is 1. The van der Waals surface area contributed by atoms with E-state index in [1.807, 2.05) is 42.5 Å². The molecule has 1 N–H and O–H groups in total. The van der Waals surface area contributed by atoms with Gasteiger partial charge in [0.05, 0.1) is 12.2 Å². The molecule has 0 saturated carbocycles. The highest BCUT2D eigenvalue weighted by atomic mass is 16.5. The Balaban J connectivity index is 1.68. The number of anilines is 1. The van der Waals surface area contributed by atoms with Crippen molar-refractivity contribution in [3.8, 4) is 0 Å². The summed E-state index contributed by atoms with van der Waals surface area (Å²) in [7, 11) is 0. The maximum absolute atomic E-state index is 12.8. The van der Waals surface area contributed by atoms with Gasteiger partial charge in [-0.1, -0.05) is 48.5 Å². The fraction of sp³-hybridized carbons (Fsp3) is 0.167. The lowest BCUT2D eigenvalue weighted by atomic mass is 9.99. The molecule has 142 valence electrons. The van der Waals surface area contributed by atoms with Crippen LogP contribution in [0.3, 0.4) is 0 Å². The molecule has 4 nitrogen and oxygen atoms in total. The fourth-order valence-electron chi connectivity index (χ4n) is 2.99. The lowest BCUT2D eigenvalue weighted by Gasteiger charge is -2.11. The van der Waals surface area contributed by atoms with E-state index in [1.54, 1.807) is 31.2 Å². The van der Waals surface area contributed by atoms with E-state index in [-0.39, 0.29) is 11.9 Å². The second-order valence-corrected chi connectivity index (χ2v) is 6.39. The van der Waals surface area contributed by atoms with Gasteiger partial charge in [0.25, 0.3) is 5.91 Å². The molecular weight excluding hydrogens is 350 g/mol. The second kappa shape index (κ2) is 9.51. The normalized spacial score (nSPS) is 10.3. The molecule has 0 bridgehead atoms. The molecule has 3 aromatic carbocycles. The highest BCUT2D eigenvalue weighted by Crippen LogP contribution is 2.16. The summed E-state index contributed by atoms with van der Waals surface area (Å²) < 4.78 is 4.97. The van der Waals surface area contributed by atoms with E-state index in [0.717, 1.165) is 18.4 Å². The summed E-state index contributed by atoms with van der Waals surface area (Å²) >= 11 is 0. The van der Waals surface area contributed by atoms with Crippen molar-refractivity contribution in [1.82, 2.24) is 0 Å². The minimum absolute atomic E-state index is 0.160. The van der Waals surface area contributed by atoms with Crippen LogP contribution in [-0.4, -0.2) is 18.5 Å². The number of amides is 1. The van der Waals surface area contributed by atoms with Gasteiger partial charge in [-0.05, 0) is 61.2 Å². The van der Waals surface area contributed by atoms with Crippen LogP contribution in [0.2, 0.25) is 0 Å². The highest BCUT2D eigenvalue weighted by molar-refractivity contribution is 6.05. The van der Waals surface area contributed by atoms with Gasteiger partial charge >= 0.3 is 5.97 Å². The van der Waals surface area contributed by atoms with Gasteiger partial charge in [-0.25, -0.2) is 4.79 Å². The number of carbonyl (C=O) groups is 2. The Morgan fingerprint density at radius 2 is 1.50 bits per heavy atom. The molecular formula is C24H23NO3. The topological polar surface area (TPSA) is 55.4 Å². The smallest absolute Gasteiger partial charge is 0.338 e. The third-order valence-corrected chi connectivity index (χ3v) is 4.44. The molecule has 28 heavy (non-hydrogen) atoms. The Morgan fingerprint density at radius 3 is 2.21 bits per heavy atom. The molecule has 4 heteroatoms. The van der Waals surface area contributed by atoms with Gasteiger partial charge in [-0.3, -0.25) is 4.79 Å². The minimum Gasteiger partial charge on any atom is -0.462 e. The number of aryl methyl sites for hydroxylation is 2. The van der Waals surface area contributed by atoms with Crippen LogP contribution in [0.15, 0.2) is 78.9 Å². The van der Waals surface area contributed by atoms with Crippen molar-refractivity contribution in [2.24, 2.45) is 0 Å². The SMILES string of the molecule is CCOC(=O)c1ccc(NC(=O)c2ccccc2CCc2ccccc2)cc1. The zero-order valence-corrected chi connectivity index (χ0v) is 15.9. The molecule has 1 amide bonds. The van der Waals surface area contributed by atoms with E-state index >= 15 is 0 Å². The van der Waals surface area contributed by atoms with Crippen LogP contribution in [0.5, 0.6) is 0 Å². The van der Waals surface area contributed by atoms with Gasteiger partial charge in [-0.15, -0.1) is 0 Å². The molecule has 0 aliphatic rings. The van der Waals surface area contributed by atoms with Crippen molar-refractivity contribution in [2.45, 2.75) is 19.8 Å². The Morgan fingerprint density at radius 1 is 0.821 bits per heavy atom. The van der Waals surface area contributed by atoms with E-state index in [1.165, 1.54) is 5.56 Å². The zero-order valence-electron chi connectivity index (χ0n) is 15.9. The standard InChI is InChI=1S/C24H23NO3/c1-2-28-24(27)20-14-16-21(17-15-20)25-23(26)22-11-7-6-10-19(22)13-12-18-8-4-3-5-9-18/h3-11,14-17H,2,12-13H2,1H3,(H,25,26). The van der Waals surface area contributed by atoms with Crippen molar-refractivity contribution in [3.63, 3.8) is 0 Å². The van der Waals surface area contributed by atoms with Crippen LogP contribution in [0.4, 0.5) is 5.69 Å². The Kier molecular flexibility index (Phi) is 6.58. The second-order valence-electron chi connectivity index (χ2n) is 6.39. The summed E-state index contributed by atoms with van der Waals surface area (Å²) in [6.45, 7) is 2.10. The van der Waals surface area contributed by atoms with Gasteiger partial charge in [0, 0.05) is 11.3 Å². The molecule has 3 aromatic rings. The molecule has 3 rings (SSSR count). The summed E-state index contributed by atoms with van der Waals surface area (Å²) in [6.07, 6.45) is 1.66. The van der Waals surface area contributed by atoms with Gasteiger partial charge in [-0.2, -0.15) is 0 Å². The maximum Gasteiger partial charge on any atom is 0.338 e. The number of ether oxygens (including phenoxy) is 1. The van der Waals surface area contributed by atoms with Gasteiger partial charge in [0.15, 0.2) is 0 Å². The third-order valence-electron chi connectivity index (χ3n) is 4.44. The number of benzene rings is 3. The van der Waals surface area contributed by atoms with Gasteiger partial charge in [0.2, 0.25) is 0 Å². The lowest BCUT2D eigenvalue weighted by Crippen LogP contribution is -2.15. The van der Waals surface area contributed by atoms with Crippen LogP contribution < -0.4 is 5.32 Å². The Bertz CT molecular complexity index is 934. The summed E-state index contributed by atoms with van der Waals surface area (Å²) in [4.78, 5) is 24.5. The Labute approximate surface area is 165 Å². The van der Waals surface area contributed by atoms with Crippen molar-refractivity contribution in [2.75, 3.05) is 11.9 Å². The van der Waals surface area contributed by atoms with Crippen LogP contribution in [0.25, 0.3) is 0 Å². The number of nitrogens with one attached hydrogen (secondary N) is 1. The highest BCUT2D eigenvalue weighted by Gasteiger charge is 2.12. The predicted molar refractivity (Wildman–Crippen MR) is 111 cm³/mol. The largest absolute Gasteiger partial charge is 0.462 e. The van der Waals surface area contributed by atoms with Crippen molar-refractivity contribution >= 4 is 17.6 Å². The first kappa shape index (κ1) is 19.4. The molecule has 0 aromatic heterocycles. The van der Waals surface area contributed by atoms with Gasteiger partial charge in [0.1, 0.15) is 0 Å². The van der Waals surface area contributed by atoms with E-state index in [0.29, 0.717) is 23.4 Å². The lowest BCUT2D eigenvalue weighted by molar-refractivity contribution is 0.0526. The summed E-state index contributed by atoms with van der Waals surface area (Å²) in [5.74, 6) is -0.529. The Hall–Kier alpha value is -3.40. The number of carbonyl (C=O) groups excluding carboxylic acids is 2. The first-order chi connectivity index (χ1) is 13.7. The van der Waals surface area contributed by atoms with Crippen molar-refractivity contribution in [3.05, 3.63) is 101 Å². The maximum atomic E-state index is 12.8. The monoisotopic (exact) mass is 373 g/mol. The van der Waals surface area contributed by atoms with Gasteiger partial charge < -0.3 is 10.1 Å². The zero-order chi connectivity index (χ0) is 19.8. The summed E-state index contributed by atoms with van der Waals surface area (Å²) in [5, 5.41) is 2.90. The van der Waals surface area contributed by atoms with Crippen LogP contribution in [0, 0.1) is 0 Å². The summed E-state index contributed by atoms with van der Waals surface area (Å²) in [6, 6.07) is 24.6. The van der Waals surface area contributed by atoms with E-state index in [4.69, 9.17) is 4.74 Å². The van der Waals surface area contributed by atoms with E-state index in [9.17, 15) is 9.59 Å². The van der Waals surface area contributed by atoms with Crippen molar-refractivity contribution < 1.29 is 14.3 Å². The van der Waals surface area contributed by atoms with E-state index < -0.39 is 0 Å². The van der Waals surface area contributed by atoms with Crippen LogP contribution >= 0.6 is 0 Å².